The van der Waals surface area contributed by atoms with Crippen LogP contribution in [0.2, 0.25) is 0 Å². The van der Waals surface area contributed by atoms with E-state index in [1.807, 2.05) is 0 Å². The molecule has 1 aliphatic carbocycles. The number of hydrogen-bond donors (Lipinski definition) is 0. The van der Waals surface area contributed by atoms with Crippen LogP contribution in [-0.4, -0.2) is 5.78 Å². The van der Waals surface area contributed by atoms with Crippen molar-refractivity contribution in [3.8, 4) is 0 Å². The largest absolute Gasteiger partial charge is 0.295 e. The van der Waals surface area contributed by atoms with Gasteiger partial charge in [0, 0.05) is 12.0 Å². The van der Waals surface area contributed by atoms with Gasteiger partial charge < -0.3 is 0 Å². The van der Waals surface area contributed by atoms with Crippen LogP contribution in [0.15, 0.2) is 18.2 Å². The van der Waals surface area contributed by atoms with Gasteiger partial charge in [-0.2, -0.15) is 0 Å². The van der Waals surface area contributed by atoms with Crippen LogP contribution in [0.1, 0.15) is 36.8 Å². The zero-order chi connectivity index (χ0) is 12.4. The van der Waals surface area contributed by atoms with Gasteiger partial charge in [0.15, 0.2) is 17.4 Å². The van der Waals surface area contributed by atoms with Gasteiger partial charge in [-0.3, -0.25) is 4.79 Å². The third-order valence-corrected chi connectivity index (χ3v) is 3.08. The first-order valence-corrected chi connectivity index (χ1v) is 5.78. The van der Waals surface area contributed by atoms with E-state index in [1.165, 1.54) is 13.0 Å². The average Bonchev–Trinajstić information content (AvgIpc) is 2.51. The maximum absolute atomic E-state index is 13.8. The van der Waals surface area contributed by atoms with Crippen molar-refractivity contribution < 1.29 is 13.6 Å². The number of halogens is 2. The Morgan fingerprint density at radius 1 is 1.06 bits per heavy atom. The molecule has 0 unspecified atom stereocenters. The number of rotatable bonds is 1. The van der Waals surface area contributed by atoms with Gasteiger partial charge in [-0.25, -0.2) is 8.78 Å². The number of carbonyl (C=O) groups excluding carboxylic acids is 1. The first-order valence-electron chi connectivity index (χ1n) is 5.78. The fraction of sp³-hybridized carbons (Fsp3) is 0.357. The van der Waals surface area contributed by atoms with E-state index < -0.39 is 11.6 Å². The Hall–Kier alpha value is -1.51. The van der Waals surface area contributed by atoms with Gasteiger partial charge in [-0.15, -0.1) is 0 Å². The molecule has 0 atom stereocenters. The summed E-state index contributed by atoms with van der Waals surface area (Å²) in [4.78, 5) is 11.4. The Morgan fingerprint density at radius 3 is 2.53 bits per heavy atom. The molecule has 0 N–H and O–H groups in total. The fourth-order valence-corrected chi connectivity index (χ4v) is 2.06. The van der Waals surface area contributed by atoms with Crippen LogP contribution in [0.25, 0.3) is 5.57 Å². The highest BCUT2D eigenvalue weighted by Crippen LogP contribution is 2.28. The number of benzene rings is 1. The maximum atomic E-state index is 13.8. The van der Waals surface area contributed by atoms with Crippen LogP contribution in [0.3, 0.4) is 0 Å². The highest BCUT2D eigenvalue weighted by molar-refractivity contribution is 5.97. The van der Waals surface area contributed by atoms with Crippen LogP contribution in [0.4, 0.5) is 8.78 Å². The molecule has 3 heteroatoms. The molecule has 1 nitrogen and oxygen atoms in total. The summed E-state index contributed by atoms with van der Waals surface area (Å²) >= 11 is 0. The molecule has 1 aliphatic rings. The molecule has 0 fully saturated rings. The lowest BCUT2D eigenvalue weighted by atomic mass is 9.99. The Labute approximate surface area is 99.1 Å². The topological polar surface area (TPSA) is 17.1 Å². The van der Waals surface area contributed by atoms with Crippen LogP contribution in [0.5, 0.6) is 0 Å². The van der Waals surface area contributed by atoms with Crippen molar-refractivity contribution in [2.24, 2.45) is 0 Å². The van der Waals surface area contributed by atoms with Crippen molar-refractivity contribution in [3.05, 3.63) is 41.0 Å². The predicted octanol–water partition coefficient (Wildman–Crippen LogP) is 3.80. The lowest BCUT2D eigenvalue weighted by Gasteiger charge is -2.08. The summed E-state index contributed by atoms with van der Waals surface area (Å²) < 4.78 is 27.2. The summed E-state index contributed by atoms with van der Waals surface area (Å²) in [5, 5.41) is 0. The third-order valence-electron chi connectivity index (χ3n) is 3.08. The first kappa shape index (κ1) is 12.0. The second-order valence-electron chi connectivity index (χ2n) is 4.40. The van der Waals surface area contributed by atoms with Gasteiger partial charge >= 0.3 is 0 Å². The molecule has 0 bridgehead atoms. The normalized spacial score (nSPS) is 16.6. The Kier molecular flexibility index (Phi) is 3.36. The zero-order valence-electron chi connectivity index (χ0n) is 9.72. The first-order chi connectivity index (χ1) is 8.09. The maximum Gasteiger partial charge on any atom is 0.166 e. The molecule has 0 spiro atoms. The van der Waals surface area contributed by atoms with Gasteiger partial charge in [0.25, 0.3) is 0 Å². The van der Waals surface area contributed by atoms with E-state index in [0.29, 0.717) is 18.4 Å². The van der Waals surface area contributed by atoms with Crippen molar-refractivity contribution in [1.29, 1.82) is 0 Å². The quantitative estimate of drug-likeness (QED) is 0.724. The van der Waals surface area contributed by atoms with Crippen molar-refractivity contribution in [3.63, 3.8) is 0 Å². The molecule has 0 saturated heterocycles. The third kappa shape index (κ3) is 2.43. The van der Waals surface area contributed by atoms with Crippen LogP contribution < -0.4 is 0 Å². The molecule has 2 rings (SSSR count). The van der Waals surface area contributed by atoms with Crippen molar-refractivity contribution in [2.45, 2.75) is 32.6 Å². The highest BCUT2D eigenvalue weighted by atomic mass is 19.2. The molecule has 0 radical (unpaired) electrons. The van der Waals surface area contributed by atoms with Gasteiger partial charge in [-0.1, -0.05) is 12.1 Å². The molecule has 90 valence electrons. The molecule has 17 heavy (non-hydrogen) atoms. The van der Waals surface area contributed by atoms with E-state index in [1.54, 1.807) is 12.1 Å². The van der Waals surface area contributed by atoms with E-state index in [9.17, 15) is 13.6 Å². The number of ketones is 1. The molecule has 1 aromatic carbocycles. The predicted molar refractivity (Wildman–Crippen MR) is 62.5 cm³/mol. The fourth-order valence-electron chi connectivity index (χ4n) is 2.06. The molecular weight excluding hydrogens is 222 g/mol. The number of aryl methyl sites for hydroxylation is 1. The Bertz CT molecular complexity index is 489. The van der Waals surface area contributed by atoms with Crippen LogP contribution in [0, 0.1) is 18.6 Å². The summed E-state index contributed by atoms with van der Waals surface area (Å²) in [6.07, 6.45) is 4.24. The molecule has 0 aliphatic heterocycles. The summed E-state index contributed by atoms with van der Waals surface area (Å²) in [6.45, 7) is 1.52. The van der Waals surface area contributed by atoms with Crippen molar-refractivity contribution in [1.82, 2.24) is 0 Å². The van der Waals surface area contributed by atoms with Gasteiger partial charge in [0.1, 0.15) is 0 Å². The van der Waals surface area contributed by atoms with E-state index in [-0.39, 0.29) is 16.9 Å². The van der Waals surface area contributed by atoms with Gasteiger partial charge in [0.2, 0.25) is 0 Å². The minimum Gasteiger partial charge on any atom is -0.295 e. The number of hydrogen-bond acceptors (Lipinski definition) is 1. The van der Waals surface area contributed by atoms with E-state index in [2.05, 4.69) is 0 Å². The molecule has 0 heterocycles. The SMILES string of the molecule is Cc1ccc(C2=CC(=O)CCCC2)c(F)c1F. The van der Waals surface area contributed by atoms with Crippen molar-refractivity contribution >= 4 is 11.4 Å². The smallest absolute Gasteiger partial charge is 0.166 e. The monoisotopic (exact) mass is 236 g/mol. The Morgan fingerprint density at radius 2 is 1.76 bits per heavy atom. The second-order valence-corrected chi connectivity index (χ2v) is 4.40. The summed E-state index contributed by atoms with van der Waals surface area (Å²) in [6, 6.07) is 3.10. The standard InChI is InChI=1S/C14H14F2O/c1-9-6-7-12(14(16)13(9)15)10-4-2-3-5-11(17)8-10/h6-8H,2-5H2,1H3. The zero-order valence-corrected chi connectivity index (χ0v) is 9.72. The summed E-state index contributed by atoms with van der Waals surface area (Å²) in [5.41, 5.74) is 1.12. The van der Waals surface area contributed by atoms with Crippen LogP contribution >= 0.6 is 0 Å². The van der Waals surface area contributed by atoms with E-state index in [4.69, 9.17) is 0 Å². The lowest BCUT2D eigenvalue weighted by Crippen LogP contribution is -1.97. The van der Waals surface area contributed by atoms with Gasteiger partial charge in [0.05, 0.1) is 0 Å². The average molecular weight is 236 g/mol. The minimum atomic E-state index is -0.842. The minimum absolute atomic E-state index is 0.00196. The van der Waals surface area contributed by atoms with E-state index >= 15 is 0 Å². The van der Waals surface area contributed by atoms with Gasteiger partial charge in [-0.05, 0) is 43.4 Å². The molecule has 0 aromatic heterocycles. The summed E-state index contributed by atoms with van der Waals surface area (Å²) in [7, 11) is 0. The second kappa shape index (κ2) is 4.78. The summed E-state index contributed by atoms with van der Waals surface area (Å²) in [5.74, 6) is -1.66. The molecular formula is C14H14F2O. The molecule has 0 saturated carbocycles. The molecule has 0 amide bonds. The van der Waals surface area contributed by atoms with E-state index in [0.717, 1.165) is 12.8 Å². The lowest BCUT2D eigenvalue weighted by molar-refractivity contribution is -0.114. The Balaban J connectivity index is 2.46. The van der Waals surface area contributed by atoms with Crippen molar-refractivity contribution in [2.75, 3.05) is 0 Å². The highest BCUT2D eigenvalue weighted by Gasteiger charge is 2.17. The number of allylic oxidation sites excluding steroid dienone is 2. The van der Waals surface area contributed by atoms with Crippen LogP contribution in [-0.2, 0) is 4.79 Å². The number of carbonyl (C=O) groups is 1. The molecule has 1 aromatic rings.